The third kappa shape index (κ3) is 3.87. The van der Waals surface area contributed by atoms with Gasteiger partial charge in [0.1, 0.15) is 5.82 Å². The Bertz CT molecular complexity index is 1140. The van der Waals surface area contributed by atoms with Crippen molar-refractivity contribution in [1.29, 1.82) is 0 Å². The molecule has 164 valence electrons. The highest BCUT2D eigenvalue weighted by atomic mass is 16.5. The van der Waals surface area contributed by atoms with Gasteiger partial charge in [-0.1, -0.05) is 43.3 Å². The highest BCUT2D eigenvalue weighted by molar-refractivity contribution is 5.97. The summed E-state index contributed by atoms with van der Waals surface area (Å²) in [5, 5.41) is 2.89. The number of anilines is 1. The summed E-state index contributed by atoms with van der Waals surface area (Å²) in [7, 11) is 0. The first-order valence-electron chi connectivity index (χ1n) is 11.2. The van der Waals surface area contributed by atoms with E-state index in [1.165, 1.54) is 5.56 Å². The molecule has 1 aromatic heterocycles. The van der Waals surface area contributed by atoms with Gasteiger partial charge in [0.2, 0.25) is 0 Å². The first-order chi connectivity index (χ1) is 15.6. The van der Waals surface area contributed by atoms with Gasteiger partial charge in [0.05, 0.1) is 19.3 Å². The summed E-state index contributed by atoms with van der Waals surface area (Å²) in [5.74, 6) is 0.478. The molecule has 1 atom stereocenters. The molecule has 3 N–H and O–H groups in total. The van der Waals surface area contributed by atoms with E-state index in [9.17, 15) is 4.79 Å². The third-order valence-corrected chi connectivity index (χ3v) is 6.53. The predicted molar refractivity (Wildman–Crippen MR) is 126 cm³/mol. The average molecular weight is 429 g/mol. The number of morpholine rings is 1. The molecular formula is C26H28N4O2. The SMILES string of the molecule is CCN1CCOCC1c1ccc(-c2cnc(N)c(-c3ccc4c(c3)CCNC4=O)c2)cc1. The molecule has 0 spiro atoms. The molecule has 2 aromatic carbocycles. The maximum Gasteiger partial charge on any atom is 0.251 e. The van der Waals surface area contributed by atoms with Gasteiger partial charge < -0.3 is 15.8 Å². The Kier molecular flexibility index (Phi) is 5.64. The third-order valence-electron chi connectivity index (χ3n) is 6.53. The molecule has 1 unspecified atom stereocenters. The number of amides is 1. The Morgan fingerprint density at radius 1 is 1.09 bits per heavy atom. The van der Waals surface area contributed by atoms with Gasteiger partial charge in [-0.15, -0.1) is 0 Å². The van der Waals surface area contributed by atoms with E-state index < -0.39 is 0 Å². The van der Waals surface area contributed by atoms with E-state index in [0.717, 1.165) is 66.1 Å². The van der Waals surface area contributed by atoms with Crippen molar-refractivity contribution in [3.63, 3.8) is 0 Å². The molecule has 1 fully saturated rings. The summed E-state index contributed by atoms with van der Waals surface area (Å²) in [6.07, 6.45) is 2.64. The van der Waals surface area contributed by atoms with Crippen LogP contribution in [0, 0.1) is 0 Å². The van der Waals surface area contributed by atoms with Gasteiger partial charge in [-0.05, 0) is 47.4 Å². The van der Waals surface area contributed by atoms with Crippen molar-refractivity contribution in [2.45, 2.75) is 19.4 Å². The summed E-state index contributed by atoms with van der Waals surface area (Å²) in [5.41, 5.74) is 13.3. The van der Waals surface area contributed by atoms with Crippen LogP contribution in [0.5, 0.6) is 0 Å². The molecule has 0 aliphatic carbocycles. The van der Waals surface area contributed by atoms with Crippen molar-refractivity contribution in [2.24, 2.45) is 0 Å². The summed E-state index contributed by atoms with van der Waals surface area (Å²) < 4.78 is 5.72. The molecular weight excluding hydrogens is 400 g/mol. The van der Waals surface area contributed by atoms with Crippen molar-refractivity contribution in [1.82, 2.24) is 15.2 Å². The van der Waals surface area contributed by atoms with Crippen molar-refractivity contribution < 1.29 is 9.53 Å². The lowest BCUT2D eigenvalue weighted by Gasteiger charge is -2.35. The van der Waals surface area contributed by atoms with E-state index in [2.05, 4.69) is 58.5 Å². The lowest BCUT2D eigenvalue weighted by Crippen LogP contribution is -2.39. The molecule has 1 saturated heterocycles. The summed E-state index contributed by atoms with van der Waals surface area (Å²) in [6, 6.07) is 16.9. The number of nitrogen functional groups attached to an aromatic ring is 1. The molecule has 2 aliphatic heterocycles. The number of aromatic nitrogens is 1. The number of fused-ring (bicyclic) bond motifs is 1. The number of nitrogens with one attached hydrogen (secondary N) is 1. The molecule has 2 aliphatic rings. The molecule has 0 saturated carbocycles. The lowest BCUT2D eigenvalue weighted by atomic mass is 9.94. The minimum atomic E-state index is -0.0114. The first kappa shape index (κ1) is 20.7. The number of nitrogens with zero attached hydrogens (tertiary/aromatic N) is 2. The van der Waals surface area contributed by atoms with Crippen LogP contribution in [-0.2, 0) is 11.2 Å². The van der Waals surface area contributed by atoms with Crippen molar-refractivity contribution in [2.75, 3.05) is 38.6 Å². The van der Waals surface area contributed by atoms with Crippen LogP contribution in [0.25, 0.3) is 22.3 Å². The molecule has 5 rings (SSSR count). The number of hydrogen-bond acceptors (Lipinski definition) is 5. The van der Waals surface area contributed by atoms with Gasteiger partial charge in [-0.2, -0.15) is 0 Å². The zero-order chi connectivity index (χ0) is 22.1. The zero-order valence-electron chi connectivity index (χ0n) is 18.3. The van der Waals surface area contributed by atoms with Crippen LogP contribution in [0.2, 0.25) is 0 Å². The van der Waals surface area contributed by atoms with E-state index in [-0.39, 0.29) is 5.91 Å². The summed E-state index contributed by atoms with van der Waals surface area (Å²) >= 11 is 0. The van der Waals surface area contributed by atoms with Crippen LogP contribution in [0.3, 0.4) is 0 Å². The smallest absolute Gasteiger partial charge is 0.251 e. The molecule has 32 heavy (non-hydrogen) atoms. The quantitative estimate of drug-likeness (QED) is 0.663. The monoisotopic (exact) mass is 428 g/mol. The van der Waals surface area contributed by atoms with Crippen LogP contribution in [-0.4, -0.2) is 48.6 Å². The predicted octanol–water partition coefficient (Wildman–Crippen LogP) is 3.68. The second-order valence-corrected chi connectivity index (χ2v) is 8.38. The van der Waals surface area contributed by atoms with Gasteiger partial charge in [0.25, 0.3) is 5.91 Å². The van der Waals surface area contributed by atoms with Crippen LogP contribution in [0.4, 0.5) is 5.82 Å². The van der Waals surface area contributed by atoms with Crippen molar-refractivity contribution in [3.05, 3.63) is 71.4 Å². The number of ether oxygens (including phenoxy) is 1. The Hall–Kier alpha value is -3.22. The average Bonchev–Trinajstić information content (AvgIpc) is 2.84. The van der Waals surface area contributed by atoms with Crippen molar-refractivity contribution in [3.8, 4) is 22.3 Å². The largest absolute Gasteiger partial charge is 0.383 e. The molecule has 3 aromatic rings. The number of hydrogen-bond donors (Lipinski definition) is 2. The van der Waals surface area contributed by atoms with Crippen LogP contribution in [0.1, 0.15) is 34.5 Å². The molecule has 0 bridgehead atoms. The number of rotatable bonds is 4. The van der Waals surface area contributed by atoms with Crippen LogP contribution < -0.4 is 11.1 Å². The topological polar surface area (TPSA) is 80.5 Å². The number of benzene rings is 2. The van der Waals surface area contributed by atoms with E-state index >= 15 is 0 Å². The molecule has 6 heteroatoms. The maximum absolute atomic E-state index is 12.1. The Balaban J connectivity index is 1.45. The Morgan fingerprint density at radius 3 is 2.72 bits per heavy atom. The highest BCUT2D eigenvalue weighted by Crippen LogP contribution is 2.32. The van der Waals surface area contributed by atoms with Crippen molar-refractivity contribution >= 4 is 11.7 Å². The Morgan fingerprint density at radius 2 is 1.91 bits per heavy atom. The molecule has 6 nitrogen and oxygen atoms in total. The number of pyridine rings is 1. The minimum Gasteiger partial charge on any atom is -0.383 e. The minimum absolute atomic E-state index is 0.0114. The van der Waals surface area contributed by atoms with E-state index in [1.54, 1.807) is 0 Å². The lowest BCUT2D eigenvalue weighted by molar-refractivity contribution is -0.00574. The van der Waals surface area contributed by atoms with Gasteiger partial charge in [0.15, 0.2) is 0 Å². The second-order valence-electron chi connectivity index (χ2n) is 8.38. The summed E-state index contributed by atoms with van der Waals surface area (Å²) in [6.45, 7) is 6.38. The van der Waals surface area contributed by atoms with Gasteiger partial charge >= 0.3 is 0 Å². The number of likely N-dealkylation sites (N-methyl/N-ethyl adjacent to an activating group) is 1. The standard InChI is InChI=1S/C26H28N4O2/c1-2-30-11-12-32-16-24(30)18-5-3-17(4-6-18)21-14-23(25(27)29-15-21)19-7-8-22-20(13-19)9-10-28-26(22)31/h3-8,13-15,24H,2,9-12,16H2,1H3,(H2,27,29)(H,28,31). The van der Waals surface area contributed by atoms with Gasteiger partial charge in [0, 0.05) is 36.0 Å². The zero-order valence-corrected chi connectivity index (χ0v) is 18.3. The number of carbonyl (C=O) groups is 1. The normalized spacial score (nSPS) is 18.8. The fraction of sp³-hybridized carbons (Fsp3) is 0.308. The molecule has 3 heterocycles. The van der Waals surface area contributed by atoms with Crippen LogP contribution >= 0.6 is 0 Å². The van der Waals surface area contributed by atoms with Gasteiger partial charge in [-0.25, -0.2) is 4.98 Å². The fourth-order valence-corrected chi connectivity index (χ4v) is 4.68. The Labute approximate surface area is 188 Å². The number of nitrogens with two attached hydrogens (primary N) is 1. The molecule has 0 radical (unpaired) electrons. The highest BCUT2D eigenvalue weighted by Gasteiger charge is 2.23. The first-order valence-corrected chi connectivity index (χ1v) is 11.2. The van der Waals surface area contributed by atoms with E-state index in [0.29, 0.717) is 18.4 Å². The van der Waals surface area contributed by atoms with Crippen LogP contribution in [0.15, 0.2) is 54.7 Å². The molecule has 1 amide bonds. The van der Waals surface area contributed by atoms with Gasteiger partial charge in [-0.3, -0.25) is 9.69 Å². The number of carbonyl (C=O) groups excluding carboxylic acids is 1. The maximum atomic E-state index is 12.1. The van der Waals surface area contributed by atoms with E-state index in [4.69, 9.17) is 10.5 Å². The summed E-state index contributed by atoms with van der Waals surface area (Å²) in [4.78, 5) is 19.0. The second kappa shape index (κ2) is 8.73. The van der Waals surface area contributed by atoms with E-state index in [1.807, 2.05) is 18.3 Å². The fourth-order valence-electron chi connectivity index (χ4n) is 4.68.